The fourth-order valence-electron chi connectivity index (χ4n) is 3.25. The van der Waals surface area contributed by atoms with E-state index in [1.54, 1.807) is 6.07 Å². The van der Waals surface area contributed by atoms with Crippen LogP contribution in [0.25, 0.3) is 6.08 Å². The summed E-state index contributed by atoms with van der Waals surface area (Å²) in [5.74, 6) is 0.170. The topological polar surface area (TPSA) is 79.1 Å². The third-order valence-electron chi connectivity index (χ3n) is 4.45. The molecule has 21 heavy (non-hydrogen) atoms. The van der Waals surface area contributed by atoms with E-state index < -0.39 is 12.2 Å². The van der Waals surface area contributed by atoms with Gasteiger partial charge in [-0.25, -0.2) is 0 Å². The highest BCUT2D eigenvalue weighted by atomic mass is 16.5. The van der Waals surface area contributed by atoms with Crippen LogP contribution in [0.15, 0.2) is 29.5 Å². The van der Waals surface area contributed by atoms with E-state index in [9.17, 15) is 10.0 Å². The van der Waals surface area contributed by atoms with Crippen LogP contribution in [-0.2, 0) is 11.2 Å². The molecule has 1 fully saturated rings. The molecule has 3 rings (SSSR count). The first-order valence-corrected chi connectivity index (χ1v) is 7.30. The molecule has 0 saturated carbocycles. The van der Waals surface area contributed by atoms with Crippen LogP contribution in [0, 0.1) is 10.8 Å². The van der Waals surface area contributed by atoms with E-state index in [-0.39, 0.29) is 18.6 Å². The van der Waals surface area contributed by atoms with Gasteiger partial charge in [0.05, 0.1) is 18.8 Å². The summed E-state index contributed by atoms with van der Waals surface area (Å²) < 4.78 is 5.74. The Labute approximate surface area is 123 Å². The van der Waals surface area contributed by atoms with E-state index in [0.29, 0.717) is 12.1 Å². The van der Waals surface area contributed by atoms with Gasteiger partial charge in [0, 0.05) is 12.3 Å². The zero-order chi connectivity index (χ0) is 14.8. The van der Waals surface area contributed by atoms with E-state index in [4.69, 9.17) is 9.84 Å². The minimum absolute atomic E-state index is 0.0876. The maximum atomic E-state index is 10.9. The number of rotatable bonds is 3. The predicted octanol–water partition coefficient (Wildman–Crippen LogP) is 2.17. The van der Waals surface area contributed by atoms with E-state index >= 15 is 0 Å². The largest absolute Gasteiger partial charge is 0.394 e. The van der Waals surface area contributed by atoms with Gasteiger partial charge in [0.2, 0.25) is 0 Å². The molecule has 5 heteroatoms. The minimum atomic E-state index is -0.605. The number of fused-ring (bicyclic) bond motifs is 1. The Balaban J connectivity index is 1.78. The van der Waals surface area contributed by atoms with Gasteiger partial charge in [-0.15, -0.1) is 4.91 Å². The summed E-state index contributed by atoms with van der Waals surface area (Å²) in [5, 5.41) is 22.1. The Morgan fingerprint density at radius 1 is 1.38 bits per heavy atom. The Bertz CT molecular complexity index is 557. The molecule has 2 aliphatic rings. The minimum Gasteiger partial charge on any atom is -0.394 e. The first-order chi connectivity index (χ1) is 10.2. The molecule has 4 atom stereocenters. The number of hydrogen-bond acceptors (Lipinski definition) is 5. The van der Waals surface area contributed by atoms with Crippen molar-refractivity contribution >= 4 is 11.8 Å². The molecule has 1 aromatic carbocycles. The van der Waals surface area contributed by atoms with Gasteiger partial charge in [0.15, 0.2) is 0 Å². The Hall–Kier alpha value is -1.56. The third kappa shape index (κ3) is 2.77. The first kappa shape index (κ1) is 14.4. The zero-order valence-electron chi connectivity index (χ0n) is 11.7. The molecule has 0 spiro atoms. The number of hydrogen-bond donors (Lipinski definition) is 2. The van der Waals surface area contributed by atoms with Crippen molar-refractivity contribution < 1.29 is 14.9 Å². The molecule has 1 aromatic rings. The van der Waals surface area contributed by atoms with Crippen molar-refractivity contribution in [3.63, 3.8) is 0 Å². The van der Waals surface area contributed by atoms with Gasteiger partial charge in [-0.05, 0) is 35.2 Å². The SMILES string of the molecule is O=Nc1cccc2c1CCC([C@H]1CC(O)[C@@H](CO)O1)C=C2. The Kier molecular flexibility index (Phi) is 4.14. The molecule has 5 nitrogen and oxygen atoms in total. The Morgan fingerprint density at radius 3 is 2.95 bits per heavy atom. The average Bonchev–Trinajstić information content (AvgIpc) is 2.74. The molecule has 1 aliphatic heterocycles. The summed E-state index contributed by atoms with van der Waals surface area (Å²) >= 11 is 0. The average molecular weight is 289 g/mol. The highest BCUT2D eigenvalue weighted by Crippen LogP contribution is 2.34. The summed E-state index contributed by atoms with van der Waals surface area (Å²) in [7, 11) is 0. The molecule has 2 N–H and O–H groups in total. The maximum Gasteiger partial charge on any atom is 0.111 e. The lowest BCUT2D eigenvalue weighted by atomic mass is 9.93. The molecule has 0 bridgehead atoms. The fraction of sp³-hybridized carbons (Fsp3) is 0.500. The smallest absolute Gasteiger partial charge is 0.111 e. The van der Waals surface area contributed by atoms with Crippen LogP contribution in [-0.4, -0.2) is 35.1 Å². The van der Waals surface area contributed by atoms with Crippen molar-refractivity contribution in [2.24, 2.45) is 11.1 Å². The summed E-state index contributed by atoms with van der Waals surface area (Å²) in [6.07, 6.45) is 5.04. The lowest BCUT2D eigenvalue weighted by molar-refractivity contribution is -0.0329. The predicted molar refractivity (Wildman–Crippen MR) is 79.1 cm³/mol. The number of ether oxygens (including phenoxy) is 1. The van der Waals surface area contributed by atoms with Crippen molar-refractivity contribution in [1.29, 1.82) is 0 Å². The highest BCUT2D eigenvalue weighted by molar-refractivity contribution is 5.63. The van der Waals surface area contributed by atoms with E-state index in [1.807, 2.05) is 18.2 Å². The normalized spacial score (nSPS) is 31.7. The van der Waals surface area contributed by atoms with Crippen LogP contribution >= 0.6 is 0 Å². The molecule has 1 saturated heterocycles. The van der Waals surface area contributed by atoms with Crippen molar-refractivity contribution in [3.05, 3.63) is 40.3 Å². The van der Waals surface area contributed by atoms with Gasteiger partial charge in [0.25, 0.3) is 0 Å². The second-order valence-corrected chi connectivity index (χ2v) is 5.70. The zero-order valence-corrected chi connectivity index (χ0v) is 11.7. The molecule has 112 valence electrons. The maximum absolute atomic E-state index is 10.9. The second-order valence-electron chi connectivity index (χ2n) is 5.70. The molecule has 0 aromatic heterocycles. The van der Waals surface area contributed by atoms with Crippen LogP contribution in [0.1, 0.15) is 24.0 Å². The van der Waals surface area contributed by atoms with Crippen molar-refractivity contribution in [2.75, 3.05) is 6.61 Å². The highest BCUT2D eigenvalue weighted by Gasteiger charge is 2.37. The molecule has 1 aliphatic carbocycles. The van der Waals surface area contributed by atoms with Gasteiger partial charge in [-0.2, -0.15) is 0 Å². The first-order valence-electron chi connectivity index (χ1n) is 7.30. The van der Waals surface area contributed by atoms with Crippen molar-refractivity contribution in [1.82, 2.24) is 0 Å². The van der Waals surface area contributed by atoms with Crippen LogP contribution < -0.4 is 0 Å². The molecular weight excluding hydrogens is 270 g/mol. The second kappa shape index (κ2) is 6.05. The number of aliphatic hydroxyl groups is 2. The number of nitrogens with zero attached hydrogens (tertiary/aromatic N) is 1. The van der Waals surface area contributed by atoms with E-state index in [0.717, 1.165) is 24.0 Å². The molecule has 1 heterocycles. The van der Waals surface area contributed by atoms with Crippen LogP contribution in [0.5, 0.6) is 0 Å². The van der Waals surface area contributed by atoms with Crippen LogP contribution in [0.3, 0.4) is 0 Å². The number of nitroso groups, excluding NO2 is 1. The van der Waals surface area contributed by atoms with E-state index in [1.165, 1.54) is 0 Å². The standard InChI is InChI=1S/C16H19NO4/c18-9-16-14(19)8-15(21-16)11-5-4-10-2-1-3-13(17-20)12(10)7-6-11/h1-5,11,14-16,18-19H,6-9H2/t11?,14?,15-,16-/m1/s1. The number of aliphatic hydroxyl groups excluding tert-OH is 2. The van der Waals surface area contributed by atoms with Crippen LogP contribution in [0.4, 0.5) is 5.69 Å². The molecule has 0 radical (unpaired) electrons. The fourth-order valence-corrected chi connectivity index (χ4v) is 3.25. The monoisotopic (exact) mass is 289 g/mol. The van der Waals surface area contributed by atoms with Crippen LogP contribution in [0.2, 0.25) is 0 Å². The Morgan fingerprint density at radius 2 is 2.24 bits per heavy atom. The van der Waals surface area contributed by atoms with Crippen molar-refractivity contribution in [3.8, 4) is 0 Å². The van der Waals surface area contributed by atoms with Gasteiger partial charge in [-0.3, -0.25) is 0 Å². The number of benzene rings is 1. The van der Waals surface area contributed by atoms with Gasteiger partial charge in [-0.1, -0.05) is 24.3 Å². The lowest BCUT2D eigenvalue weighted by Crippen LogP contribution is -2.25. The van der Waals surface area contributed by atoms with Gasteiger partial charge >= 0.3 is 0 Å². The lowest BCUT2D eigenvalue weighted by Gasteiger charge is -2.19. The van der Waals surface area contributed by atoms with E-state index in [2.05, 4.69) is 11.3 Å². The molecule has 2 unspecified atom stereocenters. The molecular formula is C16H19NO4. The third-order valence-corrected chi connectivity index (χ3v) is 4.45. The summed E-state index contributed by atoms with van der Waals surface area (Å²) in [6, 6.07) is 5.54. The summed E-state index contributed by atoms with van der Waals surface area (Å²) in [6.45, 7) is -0.159. The van der Waals surface area contributed by atoms with Crippen molar-refractivity contribution in [2.45, 2.75) is 37.6 Å². The summed E-state index contributed by atoms with van der Waals surface area (Å²) in [4.78, 5) is 10.9. The quantitative estimate of drug-likeness (QED) is 0.836. The van der Waals surface area contributed by atoms with Gasteiger partial charge in [0.1, 0.15) is 11.8 Å². The van der Waals surface area contributed by atoms with Gasteiger partial charge < -0.3 is 14.9 Å². The molecule has 0 amide bonds. The summed E-state index contributed by atoms with van der Waals surface area (Å²) in [5.41, 5.74) is 2.49.